The minimum absolute atomic E-state index is 0.780. The Morgan fingerprint density at radius 1 is 0.404 bits per heavy atom. The number of anilines is 3. The Hall–Kier alpha value is -6.46. The highest BCUT2D eigenvalue weighted by atomic mass is 16.5. The summed E-state index contributed by atoms with van der Waals surface area (Å²) in [6.45, 7) is 0. The number of benzene rings is 7. The van der Waals surface area contributed by atoms with E-state index in [-0.39, 0.29) is 0 Å². The summed E-state index contributed by atoms with van der Waals surface area (Å²) in [6, 6.07) is 50.6. The Labute approximate surface area is 269 Å². The van der Waals surface area contributed by atoms with Crippen molar-refractivity contribution in [2.45, 2.75) is 0 Å². The maximum atomic E-state index is 6.69. The molecule has 0 radical (unpaired) electrons. The second kappa shape index (κ2) is 9.05. The predicted octanol–water partition coefficient (Wildman–Crippen LogP) is 12.0. The van der Waals surface area contributed by atoms with Crippen LogP contribution in [0.3, 0.4) is 0 Å². The summed E-state index contributed by atoms with van der Waals surface area (Å²) in [6.07, 6.45) is 0. The Balaban J connectivity index is 1.17. The van der Waals surface area contributed by atoms with E-state index >= 15 is 0 Å². The number of rotatable bonds is 4. The average Bonchev–Trinajstić information content (AvgIpc) is 3.66. The number of ether oxygens (including phenoxy) is 2. The molecule has 2 aromatic heterocycles. The number of furan rings is 1. The van der Waals surface area contributed by atoms with Gasteiger partial charge in [-0.2, -0.15) is 0 Å². The third-order valence-electron chi connectivity index (χ3n) is 9.53. The lowest BCUT2D eigenvalue weighted by Crippen LogP contribution is -2.12. The normalized spacial score (nSPS) is 12.6. The molecule has 47 heavy (non-hydrogen) atoms. The van der Waals surface area contributed by atoms with Gasteiger partial charge in [0.05, 0.1) is 16.7 Å². The third kappa shape index (κ3) is 3.43. The van der Waals surface area contributed by atoms with Gasteiger partial charge in [0.2, 0.25) is 0 Å². The van der Waals surface area contributed by atoms with Crippen molar-refractivity contribution in [1.29, 1.82) is 0 Å². The van der Waals surface area contributed by atoms with Crippen LogP contribution in [0.1, 0.15) is 0 Å². The molecule has 0 amide bonds. The van der Waals surface area contributed by atoms with Crippen molar-refractivity contribution in [3.8, 4) is 39.8 Å². The van der Waals surface area contributed by atoms with Crippen LogP contribution in [-0.2, 0) is 0 Å². The van der Waals surface area contributed by atoms with Crippen LogP contribution in [0.5, 0.6) is 23.0 Å². The van der Waals surface area contributed by atoms with E-state index in [0.717, 1.165) is 95.1 Å². The summed E-state index contributed by atoms with van der Waals surface area (Å²) in [5, 5.41) is 4.44. The number of fused-ring (bicyclic) bond motifs is 4. The molecule has 5 nitrogen and oxygen atoms in total. The van der Waals surface area contributed by atoms with Crippen molar-refractivity contribution in [1.82, 2.24) is 4.57 Å². The van der Waals surface area contributed by atoms with Crippen molar-refractivity contribution in [2.75, 3.05) is 4.90 Å². The van der Waals surface area contributed by atoms with Crippen LogP contribution in [-0.4, -0.2) is 4.57 Å². The zero-order chi connectivity index (χ0) is 30.6. The Morgan fingerprint density at radius 3 is 1.94 bits per heavy atom. The fourth-order valence-electron chi connectivity index (χ4n) is 7.48. The summed E-state index contributed by atoms with van der Waals surface area (Å²) < 4.78 is 21.8. The monoisotopic (exact) mass is 604 g/mol. The number of hydrogen-bond acceptors (Lipinski definition) is 4. The second-order valence-corrected chi connectivity index (χ2v) is 12.2. The summed E-state index contributed by atoms with van der Waals surface area (Å²) in [5.41, 5.74) is 10.1. The molecule has 9 aromatic rings. The topological polar surface area (TPSA) is 39.8 Å². The van der Waals surface area contributed by atoms with Crippen LogP contribution in [0.2, 0.25) is 0 Å². The van der Waals surface area contributed by atoms with Crippen molar-refractivity contribution >= 4 is 60.8 Å². The highest BCUT2D eigenvalue weighted by Gasteiger charge is 2.32. The molecular formula is C42H24N2O3. The minimum atomic E-state index is 0.780. The number of nitrogens with zero attached hydrogens (tertiary/aromatic N) is 2. The van der Waals surface area contributed by atoms with Crippen LogP contribution in [0, 0.1) is 0 Å². The van der Waals surface area contributed by atoms with E-state index < -0.39 is 0 Å². The van der Waals surface area contributed by atoms with Crippen LogP contribution in [0.15, 0.2) is 150 Å². The van der Waals surface area contributed by atoms with E-state index in [4.69, 9.17) is 13.9 Å². The summed E-state index contributed by atoms with van der Waals surface area (Å²) in [4.78, 5) is 2.29. The zero-order valence-corrected chi connectivity index (χ0v) is 25.0. The van der Waals surface area contributed by atoms with Gasteiger partial charge in [-0.3, -0.25) is 4.57 Å². The molecule has 2 aliphatic heterocycles. The van der Waals surface area contributed by atoms with Crippen molar-refractivity contribution in [2.24, 2.45) is 0 Å². The average molecular weight is 605 g/mol. The highest BCUT2D eigenvalue weighted by Crippen LogP contribution is 2.55. The first-order chi connectivity index (χ1) is 23.3. The molecule has 0 saturated heterocycles. The molecule has 5 heteroatoms. The van der Waals surface area contributed by atoms with Gasteiger partial charge >= 0.3 is 0 Å². The first kappa shape index (κ1) is 24.8. The van der Waals surface area contributed by atoms with Gasteiger partial charge in [-0.15, -0.1) is 0 Å². The van der Waals surface area contributed by atoms with Gasteiger partial charge in [0, 0.05) is 45.1 Å². The molecule has 0 spiro atoms. The first-order valence-electron chi connectivity index (χ1n) is 15.8. The molecule has 11 rings (SSSR count). The molecule has 2 aliphatic rings. The lowest BCUT2D eigenvalue weighted by molar-refractivity contribution is 0.444. The molecule has 0 atom stereocenters. The minimum Gasteiger partial charge on any atom is -0.456 e. The van der Waals surface area contributed by atoms with Crippen LogP contribution in [0.25, 0.3) is 60.6 Å². The lowest BCUT2D eigenvalue weighted by atomic mass is 10.0. The first-order valence-corrected chi connectivity index (χ1v) is 15.8. The van der Waals surface area contributed by atoms with Crippen LogP contribution in [0.4, 0.5) is 17.1 Å². The SMILES string of the molecule is c1ccc(-c2ccc(N(c3ccc4c(c3)oc3ccccc34)c3cc4c5c(c3)c3cccc6c3n5-c3c(cccc3O4)O6)cc2)cc1. The predicted molar refractivity (Wildman–Crippen MR) is 188 cm³/mol. The Morgan fingerprint density at radius 2 is 1.06 bits per heavy atom. The molecule has 0 saturated carbocycles. The molecule has 0 unspecified atom stereocenters. The highest BCUT2D eigenvalue weighted by molar-refractivity contribution is 6.16. The number of aromatic nitrogens is 1. The van der Waals surface area contributed by atoms with E-state index in [1.165, 1.54) is 5.56 Å². The van der Waals surface area contributed by atoms with E-state index in [9.17, 15) is 0 Å². The van der Waals surface area contributed by atoms with Crippen molar-refractivity contribution < 1.29 is 13.9 Å². The van der Waals surface area contributed by atoms with Gasteiger partial charge in [-0.1, -0.05) is 78.9 Å². The fourth-order valence-corrected chi connectivity index (χ4v) is 7.48. The summed E-state index contributed by atoms with van der Waals surface area (Å²) in [7, 11) is 0. The smallest absolute Gasteiger partial charge is 0.155 e. The van der Waals surface area contributed by atoms with E-state index in [2.05, 4.69) is 113 Å². The number of para-hydroxylation sites is 3. The van der Waals surface area contributed by atoms with Gasteiger partial charge in [0.15, 0.2) is 23.0 Å². The van der Waals surface area contributed by atoms with Crippen LogP contribution < -0.4 is 14.4 Å². The molecule has 220 valence electrons. The van der Waals surface area contributed by atoms with E-state index in [0.29, 0.717) is 0 Å². The van der Waals surface area contributed by atoms with Gasteiger partial charge in [-0.25, -0.2) is 0 Å². The molecule has 7 aromatic carbocycles. The van der Waals surface area contributed by atoms with E-state index in [1.54, 1.807) is 0 Å². The maximum Gasteiger partial charge on any atom is 0.155 e. The fraction of sp³-hybridized carbons (Fsp3) is 0. The van der Waals surface area contributed by atoms with Gasteiger partial charge in [0.1, 0.15) is 16.9 Å². The second-order valence-electron chi connectivity index (χ2n) is 12.2. The molecule has 0 N–H and O–H groups in total. The molecular weight excluding hydrogens is 580 g/mol. The van der Waals surface area contributed by atoms with Crippen molar-refractivity contribution in [3.63, 3.8) is 0 Å². The molecule has 0 fully saturated rings. The largest absolute Gasteiger partial charge is 0.456 e. The number of hydrogen-bond donors (Lipinski definition) is 0. The summed E-state index contributed by atoms with van der Waals surface area (Å²) in [5.74, 6) is 3.24. The van der Waals surface area contributed by atoms with Gasteiger partial charge in [-0.05, 0) is 65.7 Å². The Kier molecular flexibility index (Phi) is 4.78. The van der Waals surface area contributed by atoms with Crippen molar-refractivity contribution in [3.05, 3.63) is 146 Å². The lowest BCUT2D eigenvalue weighted by Gasteiger charge is -2.29. The zero-order valence-electron chi connectivity index (χ0n) is 25.0. The molecule has 4 heterocycles. The van der Waals surface area contributed by atoms with Crippen LogP contribution >= 0.6 is 0 Å². The quantitative estimate of drug-likeness (QED) is 0.200. The summed E-state index contributed by atoms with van der Waals surface area (Å²) >= 11 is 0. The third-order valence-corrected chi connectivity index (χ3v) is 9.53. The van der Waals surface area contributed by atoms with Gasteiger partial charge < -0.3 is 18.8 Å². The Bertz CT molecular complexity index is 2740. The molecule has 0 aliphatic carbocycles. The standard InChI is InChI=1S/C42H24N2O3/c1-2-8-25(9-3-1)26-16-18-27(19-17-26)43(28-20-21-31-30-10-4-5-12-34(30)45-38(31)23-28)29-22-33-32-11-6-13-35-40(32)44-41(33)39(24-29)47-37-15-7-14-36(46-35)42(37)44/h1-24H. The molecule has 0 bridgehead atoms. The van der Waals surface area contributed by atoms with Gasteiger partial charge in [0.25, 0.3) is 0 Å². The maximum absolute atomic E-state index is 6.69. The van der Waals surface area contributed by atoms with E-state index in [1.807, 2.05) is 42.5 Å².